The second kappa shape index (κ2) is 8.66. The fourth-order valence-corrected chi connectivity index (χ4v) is 5.68. The summed E-state index contributed by atoms with van der Waals surface area (Å²) in [6.45, 7) is 0. The number of hydrogen-bond donors (Lipinski definition) is 0. The Hall–Kier alpha value is -4.42. The molecule has 36 heavy (non-hydrogen) atoms. The van der Waals surface area contributed by atoms with Gasteiger partial charge in [-0.2, -0.15) is 0 Å². The van der Waals surface area contributed by atoms with Gasteiger partial charge in [0, 0.05) is 0 Å². The van der Waals surface area contributed by atoms with Crippen LogP contribution in [0, 0.1) is 0 Å². The molecule has 0 aliphatic heterocycles. The predicted octanol–water partition coefficient (Wildman–Crippen LogP) is 9.21. The molecule has 5 aromatic rings. The summed E-state index contributed by atoms with van der Waals surface area (Å²) in [6.07, 6.45) is 6.77. The predicted molar refractivity (Wildman–Crippen MR) is 153 cm³/mol. The van der Waals surface area contributed by atoms with Crippen molar-refractivity contribution in [3.8, 4) is 22.3 Å². The molecule has 0 bridgehead atoms. The summed E-state index contributed by atoms with van der Waals surface area (Å²) < 4.78 is 0. The molecule has 0 spiro atoms. The van der Waals surface area contributed by atoms with Crippen molar-refractivity contribution in [2.24, 2.45) is 0 Å². The molecule has 0 saturated carbocycles. The largest absolute Gasteiger partial charge is 0.0622 e. The van der Waals surface area contributed by atoms with E-state index in [1.807, 2.05) is 0 Å². The monoisotopic (exact) mass is 458 g/mol. The van der Waals surface area contributed by atoms with E-state index in [1.54, 1.807) is 0 Å². The van der Waals surface area contributed by atoms with E-state index >= 15 is 0 Å². The fraction of sp³-hybridized carbons (Fsp3) is 0.0556. The molecule has 0 nitrogen and oxygen atoms in total. The molecule has 0 aromatic heterocycles. The van der Waals surface area contributed by atoms with Crippen LogP contribution in [0.5, 0.6) is 0 Å². The Balaban J connectivity index is 1.23. The highest BCUT2D eigenvalue weighted by Crippen LogP contribution is 2.40. The molecule has 7 rings (SSSR count). The lowest BCUT2D eigenvalue weighted by atomic mass is 9.92. The molecule has 0 N–H and O–H groups in total. The number of benzene rings is 5. The third-order valence-electron chi connectivity index (χ3n) is 7.55. The third-order valence-corrected chi connectivity index (χ3v) is 7.55. The molecule has 0 heteroatoms. The first kappa shape index (κ1) is 20.9. The van der Waals surface area contributed by atoms with Gasteiger partial charge < -0.3 is 0 Å². The van der Waals surface area contributed by atoms with Gasteiger partial charge in [-0.05, 0) is 91.8 Å². The molecule has 0 saturated heterocycles. The van der Waals surface area contributed by atoms with Crippen LogP contribution < -0.4 is 0 Å². The van der Waals surface area contributed by atoms with E-state index in [0.29, 0.717) is 0 Å². The topological polar surface area (TPSA) is 0 Å². The first-order valence-electron chi connectivity index (χ1n) is 12.7. The molecule has 0 atom stereocenters. The maximum absolute atomic E-state index is 2.40. The zero-order valence-corrected chi connectivity index (χ0v) is 20.1. The van der Waals surface area contributed by atoms with E-state index in [0.717, 1.165) is 12.8 Å². The minimum atomic E-state index is 0.986. The first-order valence-corrected chi connectivity index (χ1v) is 12.7. The van der Waals surface area contributed by atoms with Crippen molar-refractivity contribution >= 4 is 23.3 Å². The van der Waals surface area contributed by atoms with E-state index in [-0.39, 0.29) is 0 Å². The maximum Gasteiger partial charge on any atom is -0.00134 e. The number of fused-ring (bicyclic) bond motifs is 2. The van der Waals surface area contributed by atoms with E-state index in [2.05, 4.69) is 133 Å². The van der Waals surface area contributed by atoms with Crippen LogP contribution in [-0.2, 0) is 12.8 Å². The first-order chi connectivity index (χ1) is 17.8. The van der Waals surface area contributed by atoms with Gasteiger partial charge in [0.2, 0.25) is 0 Å². The Kier molecular flexibility index (Phi) is 5.03. The van der Waals surface area contributed by atoms with Crippen molar-refractivity contribution < 1.29 is 0 Å². The smallest absolute Gasteiger partial charge is 0.00134 e. The lowest BCUT2D eigenvalue weighted by molar-refractivity contribution is 1.29. The van der Waals surface area contributed by atoms with Crippen LogP contribution in [0.1, 0.15) is 33.4 Å². The minimum absolute atomic E-state index is 0.986. The van der Waals surface area contributed by atoms with Crippen molar-refractivity contribution in [1.29, 1.82) is 0 Å². The Morgan fingerprint density at radius 2 is 0.778 bits per heavy atom. The molecular weight excluding hydrogens is 432 g/mol. The van der Waals surface area contributed by atoms with Crippen LogP contribution >= 0.6 is 0 Å². The van der Waals surface area contributed by atoms with Crippen LogP contribution in [0.3, 0.4) is 0 Å². The highest BCUT2D eigenvalue weighted by atomic mass is 14.3. The van der Waals surface area contributed by atoms with Gasteiger partial charge in [0.05, 0.1) is 0 Å². The van der Waals surface area contributed by atoms with E-state index in [9.17, 15) is 0 Å². The standard InChI is InChI=1S/C36H26/c1-3-9-25(10-4-1)27-15-17-29-21-33(23-31(29)19-27)35-13-7-8-14-36(35)34-22-30-18-16-28(20-32(30)24-34)26-11-5-2-6-12-26/h1-20,23-24H,21-22H2. The van der Waals surface area contributed by atoms with Crippen LogP contribution in [-0.4, -0.2) is 0 Å². The van der Waals surface area contributed by atoms with Gasteiger partial charge in [0.15, 0.2) is 0 Å². The van der Waals surface area contributed by atoms with E-state index in [1.165, 1.54) is 66.8 Å². The minimum Gasteiger partial charge on any atom is -0.0622 e. The summed E-state index contributed by atoms with van der Waals surface area (Å²) in [5, 5.41) is 0. The van der Waals surface area contributed by atoms with Crippen molar-refractivity contribution in [2.45, 2.75) is 12.8 Å². The number of allylic oxidation sites excluding steroid dienone is 2. The highest BCUT2D eigenvalue weighted by molar-refractivity contribution is 5.98. The second-order valence-corrected chi connectivity index (χ2v) is 9.80. The number of rotatable bonds is 4. The van der Waals surface area contributed by atoms with Crippen LogP contribution in [0.4, 0.5) is 0 Å². The average molecular weight is 459 g/mol. The maximum atomic E-state index is 2.40. The molecule has 0 heterocycles. The summed E-state index contributed by atoms with van der Waals surface area (Å²) in [7, 11) is 0. The highest BCUT2D eigenvalue weighted by Gasteiger charge is 2.21. The Morgan fingerprint density at radius 1 is 0.361 bits per heavy atom. The van der Waals surface area contributed by atoms with Crippen molar-refractivity contribution in [2.75, 3.05) is 0 Å². The van der Waals surface area contributed by atoms with Crippen LogP contribution in [0.15, 0.2) is 121 Å². The Labute approximate surface area is 212 Å². The zero-order valence-electron chi connectivity index (χ0n) is 20.1. The van der Waals surface area contributed by atoms with E-state index in [4.69, 9.17) is 0 Å². The van der Waals surface area contributed by atoms with Gasteiger partial charge in [-0.15, -0.1) is 0 Å². The van der Waals surface area contributed by atoms with Gasteiger partial charge in [-0.1, -0.05) is 121 Å². The molecule has 2 aliphatic carbocycles. The SMILES string of the molecule is C1=C(c2ccccc2C2=Cc3cc(-c4ccccc4)ccc3C2)Cc2ccc(-c3ccccc3)cc21. The van der Waals surface area contributed by atoms with Crippen LogP contribution in [0.2, 0.25) is 0 Å². The van der Waals surface area contributed by atoms with Crippen molar-refractivity contribution in [1.82, 2.24) is 0 Å². The molecule has 0 radical (unpaired) electrons. The van der Waals surface area contributed by atoms with Crippen molar-refractivity contribution in [3.05, 3.63) is 155 Å². The fourth-order valence-electron chi connectivity index (χ4n) is 5.68. The molecule has 2 aliphatic rings. The summed E-state index contributed by atoms with van der Waals surface area (Å²) >= 11 is 0. The van der Waals surface area contributed by atoms with Gasteiger partial charge in [-0.25, -0.2) is 0 Å². The molecule has 0 amide bonds. The van der Waals surface area contributed by atoms with Crippen LogP contribution in [0.25, 0.3) is 45.6 Å². The molecule has 170 valence electrons. The Morgan fingerprint density at radius 3 is 1.22 bits per heavy atom. The summed E-state index contributed by atoms with van der Waals surface area (Å²) in [6, 6.07) is 44.1. The summed E-state index contributed by atoms with van der Waals surface area (Å²) in [5.74, 6) is 0. The van der Waals surface area contributed by atoms with Gasteiger partial charge in [-0.3, -0.25) is 0 Å². The second-order valence-electron chi connectivity index (χ2n) is 9.80. The van der Waals surface area contributed by atoms with E-state index < -0.39 is 0 Å². The average Bonchev–Trinajstić information content (AvgIpc) is 3.57. The van der Waals surface area contributed by atoms with Gasteiger partial charge >= 0.3 is 0 Å². The van der Waals surface area contributed by atoms with Crippen molar-refractivity contribution in [3.63, 3.8) is 0 Å². The van der Waals surface area contributed by atoms with Gasteiger partial charge in [0.25, 0.3) is 0 Å². The lowest BCUT2D eigenvalue weighted by Gasteiger charge is -2.12. The summed E-state index contributed by atoms with van der Waals surface area (Å²) in [5.41, 5.74) is 16.2. The third kappa shape index (κ3) is 3.72. The normalized spacial score (nSPS) is 13.7. The number of hydrogen-bond acceptors (Lipinski definition) is 0. The Bertz CT molecular complexity index is 1520. The molecule has 0 fully saturated rings. The summed E-state index contributed by atoms with van der Waals surface area (Å²) in [4.78, 5) is 0. The molecular formula is C36H26. The lowest BCUT2D eigenvalue weighted by Crippen LogP contribution is -1.94. The molecule has 5 aromatic carbocycles. The quantitative estimate of drug-likeness (QED) is 0.252. The molecule has 0 unspecified atom stereocenters. The zero-order chi connectivity index (χ0) is 23.9. The van der Waals surface area contributed by atoms with Gasteiger partial charge in [0.1, 0.15) is 0 Å².